The fourth-order valence-corrected chi connectivity index (χ4v) is 2.18. The predicted octanol–water partition coefficient (Wildman–Crippen LogP) is 1.37. The number of carbonyl (C=O) groups excluding carboxylic acids is 1. The fourth-order valence-electron chi connectivity index (χ4n) is 2.18. The highest BCUT2D eigenvalue weighted by molar-refractivity contribution is 5.96. The third-order valence-electron chi connectivity index (χ3n) is 3.21. The van der Waals surface area contributed by atoms with Gasteiger partial charge in [0.25, 0.3) is 11.5 Å². The monoisotopic (exact) mass is 274 g/mol. The lowest BCUT2D eigenvalue weighted by molar-refractivity contribution is 0.0659. The maximum absolute atomic E-state index is 12.4. The Labute approximate surface area is 116 Å². The van der Waals surface area contributed by atoms with Gasteiger partial charge in [-0.3, -0.25) is 9.59 Å². The molecule has 0 aliphatic heterocycles. The number of fused-ring (bicyclic) bond motifs is 1. The van der Waals surface area contributed by atoms with Crippen molar-refractivity contribution in [1.29, 1.82) is 0 Å². The number of pyridine rings is 1. The van der Waals surface area contributed by atoms with E-state index >= 15 is 0 Å². The van der Waals surface area contributed by atoms with Crippen molar-refractivity contribution in [2.24, 2.45) is 0 Å². The minimum Gasteiger partial charge on any atom is -0.395 e. The zero-order valence-corrected chi connectivity index (χ0v) is 11.6. The zero-order valence-electron chi connectivity index (χ0n) is 11.6. The summed E-state index contributed by atoms with van der Waals surface area (Å²) in [6, 6.07) is 8.74. The fraction of sp³-hybridized carbons (Fsp3) is 0.333. The number of aromatic amines is 1. The van der Waals surface area contributed by atoms with Crippen LogP contribution >= 0.6 is 0 Å². The highest BCUT2D eigenvalue weighted by Crippen LogP contribution is 2.12. The van der Waals surface area contributed by atoms with Gasteiger partial charge in [0.1, 0.15) is 5.69 Å². The summed E-state index contributed by atoms with van der Waals surface area (Å²) < 4.78 is 0. The number of nitrogens with one attached hydrogen (secondary N) is 1. The van der Waals surface area contributed by atoms with E-state index in [2.05, 4.69) is 4.98 Å². The molecule has 0 unspecified atom stereocenters. The summed E-state index contributed by atoms with van der Waals surface area (Å²) in [5.74, 6) is -0.281. The molecule has 1 aromatic carbocycles. The number of aliphatic hydroxyl groups is 1. The number of nitrogens with zero attached hydrogens (tertiary/aromatic N) is 1. The Morgan fingerprint density at radius 2 is 2.05 bits per heavy atom. The van der Waals surface area contributed by atoms with Gasteiger partial charge in [-0.2, -0.15) is 0 Å². The van der Waals surface area contributed by atoms with Gasteiger partial charge in [-0.1, -0.05) is 18.2 Å². The molecule has 1 amide bonds. The van der Waals surface area contributed by atoms with Crippen LogP contribution < -0.4 is 5.56 Å². The Morgan fingerprint density at radius 3 is 2.70 bits per heavy atom. The summed E-state index contributed by atoms with van der Waals surface area (Å²) in [5, 5.41) is 10.3. The molecule has 0 saturated heterocycles. The Balaban J connectivity index is 2.47. The first-order chi connectivity index (χ1) is 9.54. The van der Waals surface area contributed by atoms with Crippen LogP contribution in [0.25, 0.3) is 10.8 Å². The average Bonchev–Trinajstić information content (AvgIpc) is 2.43. The predicted molar refractivity (Wildman–Crippen MR) is 77.8 cm³/mol. The minimum atomic E-state index is -0.281. The summed E-state index contributed by atoms with van der Waals surface area (Å²) in [6.07, 6.45) is 0. The van der Waals surface area contributed by atoms with Gasteiger partial charge in [0, 0.05) is 18.0 Å². The Kier molecular flexibility index (Phi) is 4.20. The highest BCUT2D eigenvalue weighted by atomic mass is 16.3. The molecule has 1 heterocycles. The van der Waals surface area contributed by atoms with Gasteiger partial charge >= 0.3 is 0 Å². The number of hydrogen-bond donors (Lipinski definition) is 2. The standard InChI is InChI=1S/C15H18N2O3/c1-10(2)17(7-8-18)15(20)13-9-11-5-3-4-6-12(11)14(19)16-13/h3-6,9-10,18H,7-8H2,1-2H3,(H,16,19). The number of rotatable bonds is 4. The van der Waals surface area contributed by atoms with Crippen LogP contribution in [0.4, 0.5) is 0 Å². The van der Waals surface area contributed by atoms with Crippen LogP contribution in [0.3, 0.4) is 0 Å². The molecule has 106 valence electrons. The van der Waals surface area contributed by atoms with Crippen molar-refractivity contribution in [3.63, 3.8) is 0 Å². The summed E-state index contributed by atoms with van der Waals surface area (Å²) in [7, 11) is 0. The lowest BCUT2D eigenvalue weighted by Gasteiger charge is -2.25. The van der Waals surface area contributed by atoms with Crippen LogP contribution in [-0.2, 0) is 0 Å². The minimum absolute atomic E-state index is 0.0513. The third kappa shape index (κ3) is 2.72. The number of carbonyl (C=O) groups is 1. The molecular formula is C15H18N2O3. The second-order valence-corrected chi connectivity index (χ2v) is 4.92. The van der Waals surface area contributed by atoms with Gasteiger partial charge < -0.3 is 15.0 Å². The topological polar surface area (TPSA) is 73.4 Å². The number of H-pyrrole nitrogens is 1. The van der Waals surface area contributed by atoms with Gasteiger partial charge in [0.05, 0.1) is 6.61 Å². The van der Waals surface area contributed by atoms with Crippen molar-refractivity contribution in [1.82, 2.24) is 9.88 Å². The van der Waals surface area contributed by atoms with E-state index in [9.17, 15) is 9.59 Å². The molecule has 2 rings (SSSR count). The van der Waals surface area contributed by atoms with E-state index in [1.165, 1.54) is 4.90 Å². The molecule has 2 aromatic rings. The summed E-state index contributed by atoms with van der Waals surface area (Å²) in [6.45, 7) is 3.87. The van der Waals surface area contributed by atoms with Crippen LogP contribution in [0.5, 0.6) is 0 Å². The number of amides is 1. The highest BCUT2D eigenvalue weighted by Gasteiger charge is 2.19. The van der Waals surface area contributed by atoms with Crippen LogP contribution in [-0.4, -0.2) is 40.1 Å². The van der Waals surface area contributed by atoms with Crippen molar-refractivity contribution < 1.29 is 9.90 Å². The molecule has 5 nitrogen and oxygen atoms in total. The van der Waals surface area contributed by atoms with E-state index in [4.69, 9.17) is 5.11 Å². The van der Waals surface area contributed by atoms with Gasteiger partial charge in [-0.15, -0.1) is 0 Å². The van der Waals surface area contributed by atoms with Gasteiger partial charge in [-0.25, -0.2) is 0 Å². The molecule has 2 N–H and O–H groups in total. The Bertz CT molecular complexity index is 676. The molecule has 1 aromatic heterocycles. The van der Waals surface area contributed by atoms with E-state index in [0.29, 0.717) is 5.39 Å². The van der Waals surface area contributed by atoms with E-state index in [1.54, 1.807) is 24.3 Å². The van der Waals surface area contributed by atoms with Crippen LogP contribution in [0.15, 0.2) is 35.1 Å². The summed E-state index contributed by atoms with van der Waals surface area (Å²) in [4.78, 5) is 28.5. The van der Waals surface area contributed by atoms with E-state index < -0.39 is 0 Å². The normalized spacial score (nSPS) is 11.0. The second-order valence-electron chi connectivity index (χ2n) is 4.92. The molecule has 0 aliphatic rings. The Hall–Kier alpha value is -2.14. The zero-order chi connectivity index (χ0) is 14.7. The first-order valence-corrected chi connectivity index (χ1v) is 6.58. The summed E-state index contributed by atoms with van der Waals surface area (Å²) >= 11 is 0. The molecule has 0 bridgehead atoms. The molecule has 0 aliphatic carbocycles. The van der Waals surface area contributed by atoms with Crippen molar-refractivity contribution in [2.45, 2.75) is 19.9 Å². The van der Waals surface area contributed by atoms with Crippen molar-refractivity contribution >= 4 is 16.7 Å². The molecule has 0 spiro atoms. The van der Waals surface area contributed by atoms with Crippen molar-refractivity contribution in [3.05, 3.63) is 46.4 Å². The van der Waals surface area contributed by atoms with Crippen molar-refractivity contribution in [2.75, 3.05) is 13.2 Å². The number of aliphatic hydroxyl groups excluding tert-OH is 1. The van der Waals surface area contributed by atoms with Crippen LogP contribution in [0.1, 0.15) is 24.3 Å². The van der Waals surface area contributed by atoms with Crippen LogP contribution in [0, 0.1) is 0 Å². The second kappa shape index (κ2) is 5.88. The lowest BCUT2D eigenvalue weighted by atomic mass is 10.1. The third-order valence-corrected chi connectivity index (χ3v) is 3.21. The quantitative estimate of drug-likeness (QED) is 0.884. The van der Waals surface area contributed by atoms with Crippen LogP contribution in [0.2, 0.25) is 0 Å². The largest absolute Gasteiger partial charge is 0.395 e. The van der Waals surface area contributed by atoms with E-state index in [1.807, 2.05) is 19.9 Å². The first kappa shape index (κ1) is 14.3. The maximum atomic E-state index is 12.4. The molecule has 0 radical (unpaired) electrons. The smallest absolute Gasteiger partial charge is 0.270 e. The van der Waals surface area contributed by atoms with E-state index in [0.717, 1.165) is 5.39 Å². The molecule has 0 atom stereocenters. The molecule has 20 heavy (non-hydrogen) atoms. The number of aromatic nitrogens is 1. The van der Waals surface area contributed by atoms with Crippen molar-refractivity contribution in [3.8, 4) is 0 Å². The number of hydrogen-bond acceptors (Lipinski definition) is 3. The lowest BCUT2D eigenvalue weighted by Crippen LogP contribution is -2.40. The first-order valence-electron chi connectivity index (χ1n) is 6.58. The van der Waals surface area contributed by atoms with Gasteiger partial charge in [0.15, 0.2) is 0 Å². The molecule has 0 fully saturated rings. The molecular weight excluding hydrogens is 256 g/mol. The molecule has 0 saturated carbocycles. The summed E-state index contributed by atoms with van der Waals surface area (Å²) in [5.41, 5.74) is -0.0324. The number of benzene rings is 1. The average molecular weight is 274 g/mol. The van der Waals surface area contributed by atoms with Gasteiger partial charge in [0.2, 0.25) is 0 Å². The van der Waals surface area contributed by atoms with E-state index in [-0.39, 0.29) is 36.4 Å². The SMILES string of the molecule is CC(C)N(CCO)C(=O)c1cc2ccccc2c(=O)[nH]1. The maximum Gasteiger partial charge on any atom is 0.270 e. The molecule has 5 heteroatoms. The van der Waals surface area contributed by atoms with Gasteiger partial charge in [-0.05, 0) is 31.4 Å². The Morgan fingerprint density at radius 1 is 1.35 bits per heavy atom.